The molecule has 1 amide bonds. The number of rotatable bonds is 5. The van der Waals surface area contributed by atoms with Crippen molar-refractivity contribution in [1.82, 2.24) is 10.6 Å². The first-order valence-electron chi connectivity index (χ1n) is 8.26. The predicted molar refractivity (Wildman–Crippen MR) is 87.1 cm³/mol. The van der Waals surface area contributed by atoms with E-state index in [1.165, 1.54) is 19.3 Å². The molecule has 2 aliphatic rings. The van der Waals surface area contributed by atoms with E-state index in [2.05, 4.69) is 23.8 Å². The smallest absolute Gasteiger partial charge is 0.227 e. The van der Waals surface area contributed by atoms with Crippen LogP contribution in [-0.4, -0.2) is 36.5 Å². The first-order chi connectivity index (χ1) is 9.72. The highest BCUT2D eigenvalue weighted by Crippen LogP contribution is 2.34. The second-order valence-electron chi connectivity index (χ2n) is 6.45. The normalized spacial score (nSPS) is 34.7. The SMILES string of the molecule is CCCC1(C(=O)NC2CCCCC2SC)CCCNC1. The fourth-order valence-corrected chi connectivity index (χ4v) is 4.77. The van der Waals surface area contributed by atoms with Crippen molar-refractivity contribution in [1.29, 1.82) is 0 Å². The fraction of sp³-hybridized carbons (Fsp3) is 0.938. The van der Waals surface area contributed by atoms with E-state index in [9.17, 15) is 4.79 Å². The second-order valence-corrected chi connectivity index (χ2v) is 7.53. The maximum absolute atomic E-state index is 12.9. The number of piperidine rings is 1. The van der Waals surface area contributed by atoms with Crippen LogP contribution >= 0.6 is 11.8 Å². The minimum Gasteiger partial charge on any atom is -0.352 e. The van der Waals surface area contributed by atoms with E-state index in [-0.39, 0.29) is 5.41 Å². The summed E-state index contributed by atoms with van der Waals surface area (Å²) in [7, 11) is 0. The number of hydrogen-bond acceptors (Lipinski definition) is 3. The molecule has 0 radical (unpaired) electrons. The van der Waals surface area contributed by atoms with Gasteiger partial charge in [-0.25, -0.2) is 0 Å². The first kappa shape index (κ1) is 16.2. The van der Waals surface area contributed by atoms with Gasteiger partial charge in [0.25, 0.3) is 0 Å². The van der Waals surface area contributed by atoms with Gasteiger partial charge in [0.1, 0.15) is 0 Å². The average molecular weight is 298 g/mol. The Hall–Kier alpha value is -0.220. The number of amides is 1. The third-order valence-electron chi connectivity index (χ3n) is 5.00. The van der Waals surface area contributed by atoms with Gasteiger partial charge in [-0.3, -0.25) is 4.79 Å². The van der Waals surface area contributed by atoms with E-state index >= 15 is 0 Å². The molecule has 0 aromatic heterocycles. The Morgan fingerprint density at radius 1 is 1.35 bits per heavy atom. The van der Waals surface area contributed by atoms with Crippen LogP contribution < -0.4 is 10.6 Å². The molecule has 2 rings (SSSR count). The third-order valence-corrected chi connectivity index (χ3v) is 6.17. The molecule has 3 nitrogen and oxygen atoms in total. The summed E-state index contributed by atoms with van der Waals surface area (Å²) in [6.45, 7) is 4.12. The number of nitrogens with one attached hydrogen (secondary N) is 2. The van der Waals surface area contributed by atoms with Gasteiger partial charge in [-0.05, 0) is 44.9 Å². The van der Waals surface area contributed by atoms with Crippen LogP contribution in [0.3, 0.4) is 0 Å². The highest BCUT2D eigenvalue weighted by Gasteiger charge is 2.40. The largest absolute Gasteiger partial charge is 0.352 e. The molecule has 1 saturated carbocycles. The molecule has 3 atom stereocenters. The molecule has 0 bridgehead atoms. The summed E-state index contributed by atoms with van der Waals surface area (Å²) in [5.74, 6) is 0.317. The zero-order valence-corrected chi connectivity index (χ0v) is 13.9. The van der Waals surface area contributed by atoms with Crippen molar-refractivity contribution in [3.05, 3.63) is 0 Å². The quantitative estimate of drug-likeness (QED) is 0.820. The molecular formula is C16H30N2OS. The molecule has 1 aliphatic heterocycles. The minimum absolute atomic E-state index is 0.145. The van der Waals surface area contributed by atoms with Gasteiger partial charge in [0.05, 0.1) is 5.41 Å². The lowest BCUT2D eigenvalue weighted by Crippen LogP contribution is -2.55. The van der Waals surface area contributed by atoms with Gasteiger partial charge in [0, 0.05) is 17.8 Å². The van der Waals surface area contributed by atoms with E-state index < -0.39 is 0 Å². The maximum Gasteiger partial charge on any atom is 0.227 e. The summed E-state index contributed by atoms with van der Waals surface area (Å²) < 4.78 is 0. The summed E-state index contributed by atoms with van der Waals surface area (Å²) in [5.41, 5.74) is -0.145. The van der Waals surface area contributed by atoms with Gasteiger partial charge in [-0.2, -0.15) is 11.8 Å². The standard InChI is InChI=1S/C16H30N2OS/c1-3-9-16(10-6-11-17-12-16)15(19)18-13-7-4-5-8-14(13)20-2/h13-14,17H,3-12H2,1-2H3,(H,18,19). The van der Waals surface area contributed by atoms with Crippen molar-refractivity contribution in [3.63, 3.8) is 0 Å². The molecule has 1 aliphatic carbocycles. The molecule has 4 heteroatoms. The minimum atomic E-state index is -0.145. The van der Waals surface area contributed by atoms with Crippen molar-refractivity contribution >= 4 is 17.7 Å². The Bertz CT molecular complexity index is 310. The zero-order valence-electron chi connectivity index (χ0n) is 13.0. The molecule has 2 N–H and O–H groups in total. The molecule has 1 saturated heterocycles. The highest BCUT2D eigenvalue weighted by atomic mass is 32.2. The number of carbonyl (C=O) groups excluding carboxylic acids is 1. The summed E-state index contributed by atoms with van der Waals surface area (Å²) in [5, 5.41) is 7.47. The van der Waals surface area contributed by atoms with E-state index in [1.54, 1.807) is 0 Å². The van der Waals surface area contributed by atoms with Crippen LogP contribution in [0.25, 0.3) is 0 Å². The number of hydrogen-bond donors (Lipinski definition) is 2. The number of thioether (sulfide) groups is 1. The molecular weight excluding hydrogens is 268 g/mol. The Labute approximate surface area is 128 Å². The van der Waals surface area contributed by atoms with E-state index in [1.807, 2.05) is 11.8 Å². The van der Waals surface area contributed by atoms with Gasteiger partial charge < -0.3 is 10.6 Å². The van der Waals surface area contributed by atoms with Crippen molar-refractivity contribution < 1.29 is 4.79 Å². The lowest BCUT2D eigenvalue weighted by atomic mass is 9.75. The lowest BCUT2D eigenvalue weighted by Gasteiger charge is -2.39. The van der Waals surface area contributed by atoms with Crippen LogP contribution in [0, 0.1) is 5.41 Å². The van der Waals surface area contributed by atoms with Gasteiger partial charge in [0.15, 0.2) is 0 Å². The van der Waals surface area contributed by atoms with Gasteiger partial charge in [-0.1, -0.05) is 26.2 Å². The predicted octanol–water partition coefficient (Wildman–Crippen LogP) is 2.95. The summed E-state index contributed by atoms with van der Waals surface area (Å²) in [4.78, 5) is 12.9. The molecule has 116 valence electrons. The Morgan fingerprint density at radius 2 is 2.15 bits per heavy atom. The summed E-state index contributed by atoms with van der Waals surface area (Å²) >= 11 is 1.92. The molecule has 0 aromatic rings. The van der Waals surface area contributed by atoms with Crippen molar-refractivity contribution in [2.24, 2.45) is 5.41 Å². The molecule has 3 unspecified atom stereocenters. The van der Waals surface area contributed by atoms with Crippen molar-refractivity contribution in [3.8, 4) is 0 Å². The van der Waals surface area contributed by atoms with Crippen molar-refractivity contribution in [2.75, 3.05) is 19.3 Å². The monoisotopic (exact) mass is 298 g/mol. The van der Waals surface area contributed by atoms with Crippen LogP contribution in [0.2, 0.25) is 0 Å². The molecule has 0 spiro atoms. The molecule has 0 aromatic carbocycles. The Morgan fingerprint density at radius 3 is 2.80 bits per heavy atom. The lowest BCUT2D eigenvalue weighted by molar-refractivity contribution is -0.133. The maximum atomic E-state index is 12.9. The Kier molecular flexibility index (Phi) is 6.21. The first-order valence-corrected chi connectivity index (χ1v) is 9.55. The van der Waals surface area contributed by atoms with Crippen LogP contribution in [0.1, 0.15) is 58.3 Å². The highest BCUT2D eigenvalue weighted by molar-refractivity contribution is 7.99. The second kappa shape index (κ2) is 7.69. The van der Waals surface area contributed by atoms with Gasteiger partial charge in [-0.15, -0.1) is 0 Å². The average Bonchev–Trinajstić information content (AvgIpc) is 2.49. The van der Waals surface area contributed by atoms with Crippen LogP contribution in [0.15, 0.2) is 0 Å². The zero-order chi connectivity index (χ0) is 14.4. The van der Waals surface area contributed by atoms with E-state index in [0.717, 1.165) is 45.2 Å². The van der Waals surface area contributed by atoms with Crippen LogP contribution in [0.5, 0.6) is 0 Å². The summed E-state index contributed by atoms with van der Waals surface area (Å²) in [6, 6.07) is 0.391. The van der Waals surface area contributed by atoms with Crippen LogP contribution in [-0.2, 0) is 4.79 Å². The Balaban J connectivity index is 2.00. The molecule has 20 heavy (non-hydrogen) atoms. The van der Waals surface area contributed by atoms with E-state index in [0.29, 0.717) is 17.2 Å². The molecule has 2 fully saturated rings. The summed E-state index contributed by atoms with van der Waals surface area (Å²) in [6.07, 6.45) is 11.5. The van der Waals surface area contributed by atoms with Gasteiger partial charge >= 0.3 is 0 Å². The molecule has 1 heterocycles. The van der Waals surface area contributed by atoms with E-state index in [4.69, 9.17) is 0 Å². The topological polar surface area (TPSA) is 41.1 Å². The van der Waals surface area contributed by atoms with Crippen molar-refractivity contribution in [2.45, 2.75) is 69.6 Å². The number of carbonyl (C=O) groups is 1. The van der Waals surface area contributed by atoms with Gasteiger partial charge in [0.2, 0.25) is 5.91 Å². The third kappa shape index (κ3) is 3.70. The fourth-order valence-electron chi connectivity index (χ4n) is 3.83. The van der Waals surface area contributed by atoms with Crippen LogP contribution in [0.4, 0.5) is 0 Å².